The second-order valence-electron chi connectivity index (χ2n) is 5.07. The summed E-state index contributed by atoms with van der Waals surface area (Å²) >= 11 is 6.06. The number of aliphatic hydroxyl groups is 1. The molecule has 0 radical (unpaired) electrons. The molecule has 1 rings (SSSR count). The number of sulfone groups is 1. The third-order valence-electron chi connectivity index (χ3n) is 3.43. The van der Waals surface area contributed by atoms with Crippen molar-refractivity contribution in [2.75, 3.05) is 6.26 Å². The van der Waals surface area contributed by atoms with Crippen LogP contribution in [0.2, 0.25) is 5.15 Å². The summed E-state index contributed by atoms with van der Waals surface area (Å²) in [6, 6.07) is 0. The molecule has 1 N–H and O–H groups in total. The summed E-state index contributed by atoms with van der Waals surface area (Å²) in [5.41, 5.74) is 1.38. The smallest absolute Gasteiger partial charge is 0.155 e. The Morgan fingerprint density at radius 1 is 1.50 bits per heavy atom. The lowest BCUT2D eigenvalue weighted by Crippen LogP contribution is -2.44. The number of aryl methyl sites for hydroxylation is 2. The average Bonchev–Trinajstić information content (AvgIpc) is 2.43. The SMILES string of the molecule is Cc1nn(C)c(Cl)c1CC(O)C(C)(C)S(C)(=O)=O. The Hall–Kier alpha value is -0.590. The summed E-state index contributed by atoms with van der Waals surface area (Å²) in [7, 11) is -1.66. The molecule has 0 aliphatic heterocycles. The van der Waals surface area contributed by atoms with Gasteiger partial charge >= 0.3 is 0 Å². The second kappa shape index (κ2) is 4.83. The third-order valence-corrected chi connectivity index (χ3v) is 6.08. The molecule has 1 aromatic rings. The highest BCUT2D eigenvalue weighted by molar-refractivity contribution is 7.92. The van der Waals surface area contributed by atoms with Crippen molar-refractivity contribution in [2.45, 2.75) is 38.0 Å². The van der Waals surface area contributed by atoms with Gasteiger partial charge in [-0.25, -0.2) is 8.42 Å². The van der Waals surface area contributed by atoms with Crippen LogP contribution in [0.3, 0.4) is 0 Å². The molecule has 0 spiro atoms. The van der Waals surface area contributed by atoms with Crippen molar-refractivity contribution in [3.8, 4) is 0 Å². The fourth-order valence-electron chi connectivity index (χ4n) is 1.59. The van der Waals surface area contributed by atoms with E-state index in [2.05, 4.69) is 5.10 Å². The maximum Gasteiger partial charge on any atom is 0.155 e. The molecule has 0 aromatic carbocycles. The van der Waals surface area contributed by atoms with E-state index in [1.165, 1.54) is 18.5 Å². The minimum Gasteiger partial charge on any atom is -0.391 e. The van der Waals surface area contributed by atoms with Crippen molar-refractivity contribution >= 4 is 21.4 Å². The van der Waals surface area contributed by atoms with Crippen LogP contribution in [0.15, 0.2) is 0 Å². The molecular formula is C11H19ClN2O3S. The van der Waals surface area contributed by atoms with Gasteiger partial charge < -0.3 is 5.11 Å². The second-order valence-corrected chi connectivity index (χ2v) is 8.03. The van der Waals surface area contributed by atoms with E-state index in [1.807, 2.05) is 0 Å². The van der Waals surface area contributed by atoms with E-state index in [1.54, 1.807) is 14.0 Å². The highest BCUT2D eigenvalue weighted by atomic mass is 35.5. The monoisotopic (exact) mass is 294 g/mol. The van der Waals surface area contributed by atoms with Crippen LogP contribution >= 0.6 is 11.6 Å². The minimum absolute atomic E-state index is 0.165. The van der Waals surface area contributed by atoms with Crippen LogP contribution in [-0.2, 0) is 23.3 Å². The van der Waals surface area contributed by atoms with Gasteiger partial charge in [0.25, 0.3) is 0 Å². The molecule has 0 bridgehead atoms. The molecule has 0 saturated carbocycles. The van der Waals surface area contributed by atoms with E-state index in [-0.39, 0.29) is 6.42 Å². The van der Waals surface area contributed by atoms with Crippen LogP contribution in [0.5, 0.6) is 0 Å². The van der Waals surface area contributed by atoms with Crippen LogP contribution in [0.25, 0.3) is 0 Å². The largest absolute Gasteiger partial charge is 0.391 e. The van der Waals surface area contributed by atoms with Gasteiger partial charge in [0.2, 0.25) is 0 Å². The van der Waals surface area contributed by atoms with Crippen molar-refractivity contribution < 1.29 is 13.5 Å². The average molecular weight is 295 g/mol. The van der Waals surface area contributed by atoms with Crippen LogP contribution in [-0.4, -0.2) is 40.4 Å². The molecule has 0 fully saturated rings. The standard InChI is InChI=1S/C11H19ClN2O3S/c1-7-8(10(12)14(4)13-7)6-9(15)11(2,3)18(5,16)17/h9,15H,6H2,1-5H3. The molecule has 7 heteroatoms. The van der Waals surface area contributed by atoms with E-state index in [4.69, 9.17) is 11.6 Å². The maximum atomic E-state index is 11.6. The fraction of sp³-hybridized carbons (Fsp3) is 0.727. The highest BCUT2D eigenvalue weighted by Crippen LogP contribution is 2.27. The molecule has 104 valence electrons. The van der Waals surface area contributed by atoms with Crippen molar-refractivity contribution in [1.82, 2.24) is 9.78 Å². The molecule has 1 heterocycles. The van der Waals surface area contributed by atoms with E-state index in [0.717, 1.165) is 6.26 Å². The number of aliphatic hydroxyl groups excluding tert-OH is 1. The summed E-state index contributed by atoms with van der Waals surface area (Å²) in [4.78, 5) is 0. The maximum absolute atomic E-state index is 11.6. The molecule has 0 aliphatic carbocycles. The first kappa shape index (κ1) is 15.5. The van der Waals surface area contributed by atoms with Gasteiger partial charge in [0.05, 0.1) is 16.5 Å². The van der Waals surface area contributed by atoms with Crippen LogP contribution in [0.4, 0.5) is 0 Å². The zero-order valence-electron chi connectivity index (χ0n) is 11.2. The van der Waals surface area contributed by atoms with E-state index < -0.39 is 20.7 Å². The topological polar surface area (TPSA) is 72.2 Å². The molecule has 0 amide bonds. The van der Waals surface area contributed by atoms with Gasteiger partial charge in [-0.2, -0.15) is 5.10 Å². The van der Waals surface area contributed by atoms with Crippen molar-refractivity contribution in [1.29, 1.82) is 0 Å². The van der Waals surface area contributed by atoms with Gasteiger partial charge in [-0.3, -0.25) is 4.68 Å². The summed E-state index contributed by atoms with van der Waals surface area (Å²) < 4.78 is 23.6. The van der Waals surface area contributed by atoms with Gasteiger partial charge in [0, 0.05) is 25.3 Å². The third kappa shape index (κ3) is 2.70. The lowest BCUT2D eigenvalue weighted by atomic mass is 9.99. The predicted octanol–water partition coefficient (Wildman–Crippen LogP) is 1.11. The first-order valence-corrected chi connectivity index (χ1v) is 7.81. The van der Waals surface area contributed by atoms with E-state index in [0.29, 0.717) is 16.4 Å². The van der Waals surface area contributed by atoms with Crippen LogP contribution < -0.4 is 0 Å². The number of hydrogen-bond donors (Lipinski definition) is 1. The molecule has 18 heavy (non-hydrogen) atoms. The van der Waals surface area contributed by atoms with E-state index in [9.17, 15) is 13.5 Å². The Morgan fingerprint density at radius 2 is 2.00 bits per heavy atom. The summed E-state index contributed by atoms with van der Waals surface area (Å²) in [6.07, 6.45) is 0.250. The molecule has 1 aromatic heterocycles. The number of nitrogens with zero attached hydrogens (tertiary/aromatic N) is 2. The first-order valence-electron chi connectivity index (χ1n) is 5.54. The Labute approximate surface area is 113 Å². The number of rotatable bonds is 4. The van der Waals surface area contributed by atoms with Gasteiger partial charge in [0.15, 0.2) is 9.84 Å². The Morgan fingerprint density at radius 3 is 2.33 bits per heavy atom. The summed E-state index contributed by atoms with van der Waals surface area (Å²) in [5, 5.41) is 14.7. The van der Waals surface area contributed by atoms with Crippen molar-refractivity contribution in [2.24, 2.45) is 7.05 Å². The zero-order valence-corrected chi connectivity index (χ0v) is 12.8. The van der Waals surface area contributed by atoms with Gasteiger partial charge in [-0.15, -0.1) is 0 Å². The number of hydrogen-bond acceptors (Lipinski definition) is 4. The molecule has 5 nitrogen and oxygen atoms in total. The Balaban J connectivity index is 3.06. The molecule has 1 atom stereocenters. The lowest BCUT2D eigenvalue weighted by molar-refractivity contribution is 0.137. The van der Waals surface area contributed by atoms with Crippen molar-refractivity contribution in [3.05, 3.63) is 16.4 Å². The Bertz CT molecular complexity index is 549. The quantitative estimate of drug-likeness (QED) is 0.903. The fourth-order valence-corrected chi connectivity index (χ4v) is 2.42. The Kier molecular flexibility index (Phi) is 4.15. The normalized spacial score (nSPS) is 14.8. The summed E-state index contributed by atoms with van der Waals surface area (Å²) in [6.45, 7) is 4.79. The highest BCUT2D eigenvalue weighted by Gasteiger charge is 2.38. The van der Waals surface area contributed by atoms with Crippen molar-refractivity contribution in [3.63, 3.8) is 0 Å². The van der Waals surface area contributed by atoms with E-state index >= 15 is 0 Å². The lowest BCUT2D eigenvalue weighted by Gasteiger charge is -2.28. The van der Waals surface area contributed by atoms with Gasteiger partial charge in [0.1, 0.15) is 5.15 Å². The molecule has 1 unspecified atom stereocenters. The number of halogens is 1. The van der Waals surface area contributed by atoms with Gasteiger partial charge in [-0.1, -0.05) is 11.6 Å². The molecule has 0 aliphatic rings. The zero-order chi connectivity index (χ0) is 14.3. The van der Waals surface area contributed by atoms with Crippen LogP contribution in [0.1, 0.15) is 25.1 Å². The van der Waals surface area contributed by atoms with Gasteiger partial charge in [-0.05, 0) is 20.8 Å². The molecule has 0 saturated heterocycles. The number of aromatic nitrogens is 2. The molecular weight excluding hydrogens is 276 g/mol. The first-order chi connectivity index (χ1) is 7.98. The minimum atomic E-state index is -3.36. The summed E-state index contributed by atoms with van der Waals surface area (Å²) in [5.74, 6) is 0. The van der Waals surface area contributed by atoms with Crippen LogP contribution in [0, 0.1) is 6.92 Å². The predicted molar refractivity (Wildman–Crippen MR) is 71.6 cm³/mol.